The molecule has 3 aromatic rings. The second-order valence-corrected chi connectivity index (χ2v) is 7.02. The van der Waals surface area contributed by atoms with E-state index in [-0.39, 0.29) is 5.69 Å². The van der Waals surface area contributed by atoms with E-state index in [0.29, 0.717) is 11.5 Å². The molecule has 152 valence electrons. The molecule has 0 spiro atoms. The maximum absolute atomic E-state index is 10.8. The minimum atomic E-state index is -0.423. The molecule has 0 saturated carbocycles. The third-order valence-electron chi connectivity index (χ3n) is 4.79. The van der Waals surface area contributed by atoms with Crippen molar-refractivity contribution in [1.82, 2.24) is 5.16 Å². The number of unbranched alkanes of at least 4 members (excludes halogenated alkanes) is 5. The predicted molar refractivity (Wildman–Crippen MR) is 113 cm³/mol. The fraction of sp³-hybridized carbons (Fsp3) is 0.348. The fourth-order valence-corrected chi connectivity index (χ4v) is 3.09. The number of nitrogens with zero attached hydrogens (tertiary/aromatic N) is 2. The number of benzene rings is 2. The van der Waals surface area contributed by atoms with Gasteiger partial charge in [-0.15, -0.1) is 0 Å². The summed E-state index contributed by atoms with van der Waals surface area (Å²) >= 11 is 0. The van der Waals surface area contributed by atoms with Gasteiger partial charge in [0.05, 0.1) is 11.5 Å². The van der Waals surface area contributed by atoms with Crippen molar-refractivity contribution in [3.8, 4) is 28.3 Å². The number of hydrogen-bond acceptors (Lipinski definition) is 5. The molecule has 0 unspecified atom stereocenters. The van der Waals surface area contributed by atoms with E-state index in [9.17, 15) is 10.1 Å². The van der Waals surface area contributed by atoms with E-state index in [1.54, 1.807) is 12.1 Å². The first-order valence-corrected chi connectivity index (χ1v) is 10.1. The molecule has 2 aromatic carbocycles. The van der Waals surface area contributed by atoms with Crippen LogP contribution in [0.15, 0.2) is 59.1 Å². The highest BCUT2D eigenvalue weighted by atomic mass is 16.6. The van der Waals surface area contributed by atoms with E-state index in [0.717, 1.165) is 29.9 Å². The zero-order valence-corrected chi connectivity index (χ0v) is 16.7. The number of hydrogen-bond donors (Lipinski definition) is 0. The molecule has 6 heteroatoms. The van der Waals surface area contributed by atoms with Gasteiger partial charge in [-0.2, -0.15) is 0 Å². The van der Waals surface area contributed by atoms with Crippen LogP contribution in [0.2, 0.25) is 0 Å². The van der Waals surface area contributed by atoms with Gasteiger partial charge in [0.25, 0.3) is 5.69 Å². The summed E-state index contributed by atoms with van der Waals surface area (Å²) in [5.41, 5.74) is 2.36. The second kappa shape index (κ2) is 10.4. The molecular formula is C23H26N2O4. The van der Waals surface area contributed by atoms with Crippen LogP contribution in [0.3, 0.4) is 0 Å². The summed E-state index contributed by atoms with van der Waals surface area (Å²) < 4.78 is 11.3. The van der Waals surface area contributed by atoms with Crippen LogP contribution in [-0.2, 0) is 0 Å². The summed E-state index contributed by atoms with van der Waals surface area (Å²) in [5, 5.41) is 14.8. The molecule has 0 fully saturated rings. The average molecular weight is 394 g/mol. The maximum atomic E-state index is 10.8. The van der Waals surface area contributed by atoms with E-state index in [2.05, 4.69) is 12.1 Å². The molecule has 29 heavy (non-hydrogen) atoms. The molecule has 0 aliphatic rings. The quantitative estimate of drug-likeness (QED) is 0.206. The van der Waals surface area contributed by atoms with Crippen LogP contribution in [-0.4, -0.2) is 16.7 Å². The molecule has 0 aliphatic carbocycles. The Kier molecular flexibility index (Phi) is 7.39. The molecule has 0 bridgehead atoms. The highest BCUT2D eigenvalue weighted by Crippen LogP contribution is 2.28. The summed E-state index contributed by atoms with van der Waals surface area (Å²) in [6, 6.07) is 15.8. The molecule has 3 rings (SSSR count). The van der Waals surface area contributed by atoms with Gasteiger partial charge in [-0.1, -0.05) is 44.2 Å². The van der Waals surface area contributed by atoms with Gasteiger partial charge < -0.3 is 9.26 Å². The van der Waals surface area contributed by atoms with Crippen LogP contribution < -0.4 is 4.74 Å². The van der Waals surface area contributed by atoms with Crippen LogP contribution in [0.4, 0.5) is 5.69 Å². The lowest BCUT2D eigenvalue weighted by Crippen LogP contribution is -1.97. The van der Waals surface area contributed by atoms with Crippen molar-refractivity contribution in [3.63, 3.8) is 0 Å². The third-order valence-corrected chi connectivity index (χ3v) is 4.79. The number of non-ortho nitro benzene ring substituents is 1. The monoisotopic (exact) mass is 394 g/mol. The second-order valence-electron chi connectivity index (χ2n) is 7.02. The molecule has 0 atom stereocenters. The van der Waals surface area contributed by atoms with E-state index >= 15 is 0 Å². The largest absolute Gasteiger partial charge is 0.494 e. The lowest BCUT2D eigenvalue weighted by Gasteiger charge is -2.06. The summed E-state index contributed by atoms with van der Waals surface area (Å²) in [5.74, 6) is 1.48. The zero-order valence-electron chi connectivity index (χ0n) is 16.7. The Labute approximate surface area is 170 Å². The van der Waals surface area contributed by atoms with Crippen LogP contribution >= 0.6 is 0 Å². The van der Waals surface area contributed by atoms with Gasteiger partial charge in [-0.25, -0.2) is 0 Å². The topological polar surface area (TPSA) is 78.4 Å². The van der Waals surface area contributed by atoms with Gasteiger partial charge in [0.2, 0.25) is 0 Å². The fourth-order valence-electron chi connectivity index (χ4n) is 3.09. The SMILES string of the molecule is CCCCCCCCOc1ccc(-c2cc(-c3ccc([N+](=O)[O-])cc3)no2)cc1. The number of aromatic nitrogens is 1. The molecule has 0 radical (unpaired) electrons. The Balaban J connectivity index is 1.53. The summed E-state index contributed by atoms with van der Waals surface area (Å²) in [4.78, 5) is 10.3. The molecular weight excluding hydrogens is 368 g/mol. The van der Waals surface area contributed by atoms with Crippen LogP contribution in [0, 0.1) is 10.1 Å². The van der Waals surface area contributed by atoms with Crippen molar-refractivity contribution in [2.45, 2.75) is 45.4 Å². The minimum absolute atomic E-state index is 0.0500. The highest BCUT2D eigenvalue weighted by Gasteiger charge is 2.11. The Morgan fingerprint density at radius 2 is 1.59 bits per heavy atom. The summed E-state index contributed by atoms with van der Waals surface area (Å²) in [7, 11) is 0. The Morgan fingerprint density at radius 1 is 0.931 bits per heavy atom. The smallest absolute Gasteiger partial charge is 0.269 e. The maximum Gasteiger partial charge on any atom is 0.269 e. The molecule has 0 amide bonds. The number of nitro benzene ring substituents is 1. The Bertz CT molecular complexity index is 901. The first kappa shape index (κ1) is 20.6. The van der Waals surface area contributed by atoms with E-state index < -0.39 is 4.92 Å². The van der Waals surface area contributed by atoms with Gasteiger partial charge >= 0.3 is 0 Å². The van der Waals surface area contributed by atoms with Gasteiger partial charge in [0, 0.05) is 29.3 Å². The zero-order chi connectivity index (χ0) is 20.5. The van der Waals surface area contributed by atoms with Crippen molar-refractivity contribution < 1.29 is 14.2 Å². The lowest BCUT2D eigenvalue weighted by molar-refractivity contribution is -0.384. The Hall–Kier alpha value is -3.15. The van der Waals surface area contributed by atoms with Crippen molar-refractivity contribution >= 4 is 5.69 Å². The lowest BCUT2D eigenvalue weighted by atomic mass is 10.1. The van der Waals surface area contributed by atoms with E-state index in [1.807, 2.05) is 30.3 Å². The van der Waals surface area contributed by atoms with Crippen molar-refractivity contribution in [2.75, 3.05) is 6.61 Å². The van der Waals surface area contributed by atoms with Crippen molar-refractivity contribution in [1.29, 1.82) is 0 Å². The molecule has 0 saturated heterocycles. The molecule has 1 aromatic heterocycles. The Morgan fingerprint density at radius 3 is 2.28 bits per heavy atom. The number of rotatable bonds is 11. The van der Waals surface area contributed by atoms with Crippen LogP contribution in [0.5, 0.6) is 5.75 Å². The molecule has 0 N–H and O–H groups in total. The van der Waals surface area contributed by atoms with E-state index in [4.69, 9.17) is 9.26 Å². The summed E-state index contributed by atoms with van der Waals surface area (Å²) in [6.45, 7) is 2.96. The van der Waals surface area contributed by atoms with E-state index in [1.165, 1.54) is 44.2 Å². The average Bonchev–Trinajstić information content (AvgIpc) is 3.24. The van der Waals surface area contributed by atoms with Gasteiger partial charge in [-0.05, 0) is 42.8 Å². The normalized spacial score (nSPS) is 10.8. The van der Waals surface area contributed by atoms with Crippen molar-refractivity contribution in [3.05, 3.63) is 64.7 Å². The first-order valence-electron chi connectivity index (χ1n) is 10.1. The van der Waals surface area contributed by atoms with Crippen LogP contribution in [0.1, 0.15) is 45.4 Å². The summed E-state index contributed by atoms with van der Waals surface area (Å²) in [6.07, 6.45) is 7.45. The van der Waals surface area contributed by atoms with Gasteiger partial charge in [-0.3, -0.25) is 10.1 Å². The standard InChI is InChI=1S/C23H26N2O4/c1-2-3-4-5-6-7-16-28-21-14-10-19(11-15-21)23-17-22(24-29-23)18-8-12-20(13-9-18)25(26)27/h8-15,17H,2-7,16H2,1H3. The van der Waals surface area contributed by atoms with Gasteiger partial charge in [0.1, 0.15) is 11.4 Å². The van der Waals surface area contributed by atoms with Crippen LogP contribution in [0.25, 0.3) is 22.6 Å². The molecule has 1 heterocycles. The number of nitro groups is 1. The number of ether oxygens (including phenoxy) is 1. The first-order chi connectivity index (χ1) is 14.2. The molecule has 0 aliphatic heterocycles. The molecule has 6 nitrogen and oxygen atoms in total. The third kappa shape index (κ3) is 5.91. The van der Waals surface area contributed by atoms with Gasteiger partial charge in [0.15, 0.2) is 5.76 Å². The highest BCUT2D eigenvalue weighted by molar-refractivity contribution is 5.67. The predicted octanol–water partition coefficient (Wildman–Crippen LogP) is 6.66. The minimum Gasteiger partial charge on any atom is -0.494 e. The van der Waals surface area contributed by atoms with Crippen molar-refractivity contribution in [2.24, 2.45) is 0 Å².